The minimum absolute atomic E-state index is 0.0143. The summed E-state index contributed by atoms with van der Waals surface area (Å²) < 4.78 is 1.88. The van der Waals surface area contributed by atoms with Crippen LogP contribution in [0.1, 0.15) is 69.4 Å². The normalized spacial score (nSPS) is 12.8. The van der Waals surface area contributed by atoms with Crippen LogP contribution in [-0.4, -0.2) is 25.6 Å². The van der Waals surface area contributed by atoms with E-state index in [-0.39, 0.29) is 23.6 Å². The number of amides is 1. The number of rotatable bonds is 12. The zero-order valence-electron chi connectivity index (χ0n) is 20.7. The molecule has 1 aromatic heterocycles. The predicted octanol–water partition coefficient (Wildman–Crippen LogP) is 6.17. The van der Waals surface area contributed by atoms with Crippen LogP contribution in [0.3, 0.4) is 0 Å². The number of nitrogens with zero attached hydrogens (tertiary/aromatic N) is 4. The van der Waals surface area contributed by atoms with Crippen molar-refractivity contribution in [2.75, 3.05) is 0 Å². The summed E-state index contributed by atoms with van der Waals surface area (Å²) in [6, 6.07) is 14.2. The Morgan fingerprint density at radius 2 is 1.91 bits per heavy atom. The summed E-state index contributed by atoms with van der Waals surface area (Å²) in [5, 5.41) is 23.8. The number of benzene rings is 2. The van der Waals surface area contributed by atoms with E-state index in [1.165, 1.54) is 29.5 Å². The number of unbranched alkanes of at least 4 members (excludes halogenated alkanes) is 1. The molecule has 1 heterocycles. The number of thioether (sulfide) groups is 1. The summed E-state index contributed by atoms with van der Waals surface area (Å²) in [5.41, 5.74) is 3.07. The highest BCUT2D eigenvalue weighted by Gasteiger charge is 2.24. The van der Waals surface area contributed by atoms with Gasteiger partial charge in [0.25, 0.3) is 5.69 Å². The number of carbonyl (C=O) groups excluding carboxylic acids is 1. The number of carbonyl (C=O) groups is 1. The molecule has 0 aliphatic carbocycles. The quantitative estimate of drug-likeness (QED) is 0.183. The number of nitro groups is 1. The third kappa shape index (κ3) is 6.91. The zero-order chi connectivity index (χ0) is 25.4. The fraction of sp³-hybridized carbons (Fsp3) is 0.423. The van der Waals surface area contributed by atoms with E-state index < -0.39 is 4.92 Å². The number of non-ortho nitro benzene ring substituents is 1. The molecule has 0 fully saturated rings. The molecule has 2 atom stereocenters. The van der Waals surface area contributed by atoms with Gasteiger partial charge in [-0.15, -0.1) is 10.2 Å². The first-order valence-corrected chi connectivity index (χ1v) is 13.0. The van der Waals surface area contributed by atoms with E-state index in [1.54, 1.807) is 12.1 Å². The van der Waals surface area contributed by atoms with Crippen LogP contribution in [0.4, 0.5) is 5.69 Å². The lowest BCUT2D eigenvalue weighted by atomic mass is 9.98. The Morgan fingerprint density at radius 3 is 2.54 bits per heavy atom. The first-order chi connectivity index (χ1) is 16.8. The van der Waals surface area contributed by atoms with Gasteiger partial charge in [-0.2, -0.15) is 0 Å². The number of nitrogens with one attached hydrogen (secondary N) is 1. The third-order valence-corrected chi connectivity index (χ3v) is 6.94. The summed E-state index contributed by atoms with van der Waals surface area (Å²) >= 11 is 1.54. The van der Waals surface area contributed by atoms with E-state index in [2.05, 4.69) is 47.6 Å². The number of aryl methyl sites for hydroxylation is 1. The Morgan fingerprint density at radius 1 is 1.17 bits per heavy atom. The average molecular weight is 496 g/mol. The zero-order valence-corrected chi connectivity index (χ0v) is 21.5. The number of hydrogen-bond donors (Lipinski definition) is 1. The standard InChI is InChI=1S/C26H33N5O3S/c1-5-7-11-21(6-2)25(32)27-19(4)24-28-29-26(35-17-20-10-8-9-18(3)16-20)30(24)22-12-14-23(15-13-22)31(33)34/h8-10,12-16,19,21H,5-7,11,17H2,1-4H3,(H,27,32). The minimum atomic E-state index is -0.422. The SMILES string of the molecule is CCCCC(CC)C(=O)NC(C)c1nnc(SCc2cccc(C)c2)n1-c1ccc([N+](=O)[O-])cc1. The molecule has 0 bridgehead atoms. The molecule has 9 heteroatoms. The van der Waals surface area contributed by atoms with Gasteiger partial charge in [0, 0.05) is 29.5 Å². The minimum Gasteiger partial charge on any atom is -0.346 e. The van der Waals surface area contributed by atoms with Crippen molar-refractivity contribution in [3.8, 4) is 5.69 Å². The fourth-order valence-corrected chi connectivity index (χ4v) is 4.84. The van der Waals surface area contributed by atoms with Crippen molar-refractivity contribution in [2.45, 2.75) is 70.3 Å². The smallest absolute Gasteiger partial charge is 0.269 e. The van der Waals surface area contributed by atoms with Crippen LogP contribution in [-0.2, 0) is 10.5 Å². The molecule has 2 unspecified atom stereocenters. The fourth-order valence-electron chi connectivity index (χ4n) is 3.94. The monoisotopic (exact) mass is 495 g/mol. The Balaban J connectivity index is 1.89. The summed E-state index contributed by atoms with van der Waals surface area (Å²) in [4.78, 5) is 23.6. The number of hydrogen-bond acceptors (Lipinski definition) is 6. The topological polar surface area (TPSA) is 103 Å². The summed E-state index contributed by atoms with van der Waals surface area (Å²) in [7, 11) is 0. The largest absolute Gasteiger partial charge is 0.346 e. The van der Waals surface area contributed by atoms with E-state index in [1.807, 2.05) is 24.5 Å². The molecule has 0 aliphatic rings. The van der Waals surface area contributed by atoms with Crippen molar-refractivity contribution in [3.05, 3.63) is 75.6 Å². The first kappa shape index (κ1) is 26.4. The number of aromatic nitrogens is 3. The van der Waals surface area contributed by atoms with E-state index in [0.717, 1.165) is 31.2 Å². The van der Waals surface area contributed by atoms with Gasteiger partial charge in [-0.3, -0.25) is 19.5 Å². The molecule has 1 N–H and O–H groups in total. The lowest BCUT2D eigenvalue weighted by molar-refractivity contribution is -0.384. The van der Waals surface area contributed by atoms with E-state index in [9.17, 15) is 14.9 Å². The molecule has 35 heavy (non-hydrogen) atoms. The molecule has 1 amide bonds. The van der Waals surface area contributed by atoms with Gasteiger partial charge in [-0.25, -0.2) is 0 Å². The summed E-state index contributed by atoms with van der Waals surface area (Å²) in [6.45, 7) is 8.10. The molecule has 3 aromatic rings. The van der Waals surface area contributed by atoms with Gasteiger partial charge >= 0.3 is 0 Å². The van der Waals surface area contributed by atoms with Crippen LogP contribution in [0.5, 0.6) is 0 Å². The van der Waals surface area contributed by atoms with Crippen molar-refractivity contribution in [1.29, 1.82) is 0 Å². The Bertz CT molecular complexity index is 1150. The summed E-state index contributed by atoms with van der Waals surface area (Å²) in [6.07, 6.45) is 3.71. The van der Waals surface area contributed by atoms with Gasteiger partial charge in [-0.05, 0) is 44.4 Å². The van der Waals surface area contributed by atoms with Gasteiger partial charge in [0.1, 0.15) is 0 Å². The van der Waals surface area contributed by atoms with Crippen LogP contribution in [0, 0.1) is 23.0 Å². The van der Waals surface area contributed by atoms with Crippen LogP contribution in [0.15, 0.2) is 53.7 Å². The third-order valence-electron chi connectivity index (χ3n) is 5.94. The molecule has 0 spiro atoms. The molecular weight excluding hydrogens is 462 g/mol. The van der Waals surface area contributed by atoms with Gasteiger partial charge in [0.2, 0.25) is 5.91 Å². The average Bonchev–Trinajstić information content (AvgIpc) is 3.27. The van der Waals surface area contributed by atoms with Crippen molar-refractivity contribution in [1.82, 2.24) is 20.1 Å². The molecule has 2 aromatic carbocycles. The van der Waals surface area contributed by atoms with E-state index >= 15 is 0 Å². The van der Waals surface area contributed by atoms with Gasteiger partial charge in [0.05, 0.1) is 11.0 Å². The first-order valence-electron chi connectivity index (χ1n) is 12.0. The second-order valence-electron chi connectivity index (χ2n) is 8.71. The van der Waals surface area contributed by atoms with Crippen molar-refractivity contribution in [3.63, 3.8) is 0 Å². The Hall–Kier alpha value is -3.20. The van der Waals surface area contributed by atoms with Gasteiger partial charge in [0.15, 0.2) is 11.0 Å². The lowest BCUT2D eigenvalue weighted by Gasteiger charge is -2.20. The van der Waals surface area contributed by atoms with Crippen LogP contribution >= 0.6 is 11.8 Å². The second kappa shape index (κ2) is 12.5. The van der Waals surface area contributed by atoms with Crippen molar-refractivity contribution in [2.24, 2.45) is 5.92 Å². The Kier molecular flexibility index (Phi) is 9.42. The molecule has 8 nitrogen and oxygen atoms in total. The van der Waals surface area contributed by atoms with Crippen LogP contribution < -0.4 is 5.32 Å². The maximum atomic E-state index is 12.9. The van der Waals surface area contributed by atoms with Crippen LogP contribution in [0.2, 0.25) is 0 Å². The predicted molar refractivity (Wildman–Crippen MR) is 139 cm³/mol. The van der Waals surface area contributed by atoms with Crippen LogP contribution in [0.25, 0.3) is 5.69 Å². The Labute approximate surface area is 210 Å². The molecule has 186 valence electrons. The molecular formula is C26H33N5O3S. The summed E-state index contributed by atoms with van der Waals surface area (Å²) in [5.74, 6) is 1.26. The lowest BCUT2D eigenvalue weighted by Crippen LogP contribution is -2.33. The van der Waals surface area contributed by atoms with Gasteiger partial charge in [-0.1, -0.05) is 68.3 Å². The van der Waals surface area contributed by atoms with Gasteiger partial charge < -0.3 is 5.32 Å². The number of nitro benzene ring substituents is 1. The molecule has 0 saturated heterocycles. The highest BCUT2D eigenvalue weighted by atomic mass is 32.2. The molecule has 0 saturated carbocycles. The molecule has 0 aliphatic heterocycles. The van der Waals surface area contributed by atoms with Crippen molar-refractivity contribution < 1.29 is 9.72 Å². The highest BCUT2D eigenvalue weighted by Crippen LogP contribution is 2.29. The molecule has 0 radical (unpaired) electrons. The highest BCUT2D eigenvalue weighted by molar-refractivity contribution is 7.98. The van der Waals surface area contributed by atoms with Crippen molar-refractivity contribution >= 4 is 23.4 Å². The van der Waals surface area contributed by atoms with E-state index in [4.69, 9.17) is 0 Å². The maximum absolute atomic E-state index is 12.9. The second-order valence-corrected chi connectivity index (χ2v) is 9.65. The maximum Gasteiger partial charge on any atom is 0.269 e. The molecule has 3 rings (SSSR count). The van der Waals surface area contributed by atoms with E-state index in [0.29, 0.717) is 22.4 Å².